The zero-order valence-electron chi connectivity index (χ0n) is 10.6. The molecule has 0 bridgehead atoms. The summed E-state index contributed by atoms with van der Waals surface area (Å²) in [7, 11) is 3.95. The summed E-state index contributed by atoms with van der Waals surface area (Å²) >= 11 is 0. The molecule has 1 aliphatic heterocycles. The smallest absolute Gasteiger partial charge is 0.306 e. The number of hydrogen-bond donors (Lipinski definition) is 0. The number of halogens is 4. The molecule has 0 radical (unpaired) electrons. The fraction of sp³-hybridized carbons (Fsp3) is 0.538. The fourth-order valence-corrected chi connectivity index (χ4v) is 2.80. The molecule has 1 nitrogen and oxygen atoms in total. The van der Waals surface area contributed by atoms with Crippen molar-refractivity contribution in [2.24, 2.45) is 0 Å². The van der Waals surface area contributed by atoms with E-state index >= 15 is 0 Å². The molecule has 0 spiro atoms. The van der Waals surface area contributed by atoms with Gasteiger partial charge >= 0.3 is 6.18 Å². The van der Waals surface area contributed by atoms with E-state index in [9.17, 15) is 17.6 Å². The lowest BCUT2D eigenvalue weighted by molar-refractivity contribution is -0.140. The maximum absolute atomic E-state index is 13.8. The Labute approximate surface area is 112 Å². The molecule has 6 heteroatoms. The Hall–Kier alpha value is -0.670. The van der Waals surface area contributed by atoms with E-state index < -0.39 is 17.6 Å². The number of benzene rings is 1. The van der Waals surface area contributed by atoms with Crippen molar-refractivity contribution in [3.63, 3.8) is 0 Å². The molecule has 0 N–H and O–H groups in total. The molecule has 0 aromatic heterocycles. The van der Waals surface area contributed by atoms with Crippen LogP contribution < -0.4 is 5.30 Å². The predicted octanol–water partition coefficient (Wildman–Crippen LogP) is 3.15. The first-order valence-electron chi connectivity index (χ1n) is 6.14. The van der Waals surface area contributed by atoms with Crippen LogP contribution in [0.5, 0.6) is 0 Å². The van der Waals surface area contributed by atoms with E-state index in [0.717, 1.165) is 13.1 Å². The van der Waals surface area contributed by atoms with Gasteiger partial charge < -0.3 is 4.90 Å². The van der Waals surface area contributed by atoms with Gasteiger partial charge in [0, 0.05) is 5.30 Å². The Morgan fingerprint density at radius 1 is 1.21 bits per heavy atom. The molecule has 1 unspecified atom stereocenters. The van der Waals surface area contributed by atoms with E-state index in [-0.39, 0.29) is 16.8 Å². The predicted molar refractivity (Wildman–Crippen MR) is 70.2 cm³/mol. The molecule has 1 aliphatic rings. The van der Waals surface area contributed by atoms with Crippen LogP contribution in [0.15, 0.2) is 12.1 Å². The van der Waals surface area contributed by atoms with Gasteiger partial charge in [0.2, 0.25) is 0 Å². The molecule has 19 heavy (non-hydrogen) atoms. The Kier molecular flexibility index (Phi) is 4.17. The number of nitrogens with zero attached hydrogens (tertiary/aromatic N) is 1. The summed E-state index contributed by atoms with van der Waals surface area (Å²) in [5.41, 5.74) is -0.987. The number of likely N-dealkylation sites (tertiary alicyclic amines) is 1. The second kappa shape index (κ2) is 5.37. The van der Waals surface area contributed by atoms with Gasteiger partial charge in [0.15, 0.2) is 0 Å². The average molecular weight is 293 g/mol. The monoisotopic (exact) mass is 293 g/mol. The van der Waals surface area contributed by atoms with Gasteiger partial charge in [0.25, 0.3) is 0 Å². The molecular formula is C13H16F4NP. The van der Waals surface area contributed by atoms with E-state index in [0.29, 0.717) is 12.8 Å². The van der Waals surface area contributed by atoms with Crippen molar-refractivity contribution < 1.29 is 17.6 Å². The van der Waals surface area contributed by atoms with Crippen molar-refractivity contribution >= 4 is 14.5 Å². The minimum absolute atomic E-state index is 0.0380. The average Bonchev–Trinajstić information content (AvgIpc) is 2.32. The van der Waals surface area contributed by atoms with Crippen LogP contribution >= 0.6 is 9.24 Å². The second-order valence-corrected chi connectivity index (χ2v) is 5.63. The highest BCUT2D eigenvalue weighted by atomic mass is 31.0. The Bertz CT molecular complexity index is 464. The summed E-state index contributed by atoms with van der Waals surface area (Å²) in [4.78, 5) is 2.07. The van der Waals surface area contributed by atoms with Crippen molar-refractivity contribution in [3.05, 3.63) is 29.1 Å². The molecule has 1 fully saturated rings. The highest BCUT2D eigenvalue weighted by Crippen LogP contribution is 2.39. The largest absolute Gasteiger partial charge is 0.419 e. The zero-order chi connectivity index (χ0) is 14.2. The van der Waals surface area contributed by atoms with Crippen molar-refractivity contribution in [1.82, 2.24) is 4.90 Å². The molecule has 1 aromatic rings. The molecular weight excluding hydrogens is 277 g/mol. The van der Waals surface area contributed by atoms with Crippen LogP contribution in [0.3, 0.4) is 0 Å². The van der Waals surface area contributed by atoms with Gasteiger partial charge in [-0.3, -0.25) is 0 Å². The van der Waals surface area contributed by atoms with Crippen molar-refractivity contribution in [1.29, 1.82) is 0 Å². The summed E-state index contributed by atoms with van der Waals surface area (Å²) < 4.78 is 53.0. The fourth-order valence-electron chi connectivity index (χ4n) is 2.56. The van der Waals surface area contributed by atoms with Crippen LogP contribution in [0.2, 0.25) is 0 Å². The summed E-state index contributed by atoms with van der Waals surface area (Å²) in [5.74, 6) is -1.37. The summed E-state index contributed by atoms with van der Waals surface area (Å²) in [6.45, 7) is 1.48. The number of piperidine rings is 1. The van der Waals surface area contributed by atoms with Gasteiger partial charge in [0.05, 0.1) is 5.56 Å². The summed E-state index contributed by atoms with van der Waals surface area (Å²) in [6, 6.07) is 2.83. The lowest BCUT2D eigenvalue weighted by Gasteiger charge is -2.31. The van der Waals surface area contributed by atoms with Gasteiger partial charge in [-0.2, -0.15) is 13.2 Å². The standard InChI is InChI=1S/C13H16F4NP/c1-18-6-4-8(5-7-18)9-2-3-10(19)12(14)11(9)13(15,16)17/h2-3,8H,4-7,19H2,1H3. The quantitative estimate of drug-likeness (QED) is 0.568. The third-order valence-electron chi connectivity index (χ3n) is 3.65. The first-order valence-corrected chi connectivity index (χ1v) is 6.72. The molecule has 1 saturated heterocycles. The summed E-state index contributed by atoms with van der Waals surface area (Å²) in [6.07, 6.45) is -3.38. The topological polar surface area (TPSA) is 3.24 Å². The van der Waals surface area contributed by atoms with Crippen molar-refractivity contribution in [2.75, 3.05) is 20.1 Å². The van der Waals surface area contributed by atoms with Gasteiger partial charge in [0.1, 0.15) is 5.82 Å². The molecule has 106 valence electrons. The van der Waals surface area contributed by atoms with Gasteiger partial charge in [-0.05, 0) is 44.5 Å². The van der Waals surface area contributed by atoms with Gasteiger partial charge in [-0.15, -0.1) is 9.24 Å². The normalized spacial score (nSPS) is 18.8. The maximum atomic E-state index is 13.8. The van der Waals surface area contributed by atoms with Crippen LogP contribution in [0.4, 0.5) is 17.6 Å². The zero-order valence-corrected chi connectivity index (χ0v) is 11.8. The molecule has 1 aromatic carbocycles. The number of rotatable bonds is 1. The second-order valence-electron chi connectivity index (χ2n) is 5.01. The van der Waals surface area contributed by atoms with E-state index in [1.54, 1.807) is 0 Å². The first kappa shape index (κ1) is 14.7. The molecule has 1 atom stereocenters. The SMILES string of the molecule is CN1CCC(c2ccc(P)c(F)c2C(F)(F)F)CC1. The van der Waals surface area contributed by atoms with Crippen LogP contribution in [-0.2, 0) is 6.18 Å². The number of hydrogen-bond acceptors (Lipinski definition) is 1. The lowest BCUT2D eigenvalue weighted by atomic mass is 9.86. The van der Waals surface area contributed by atoms with E-state index in [2.05, 4.69) is 4.90 Å². The van der Waals surface area contributed by atoms with Crippen LogP contribution in [-0.4, -0.2) is 25.0 Å². The van der Waals surface area contributed by atoms with Crippen molar-refractivity contribution in [2.45, 2.75) is 24.9 Å². The van der Waals surface area contributed by atoms with Crippen molar-refractivity contribution in [3.8, 4) is 0 Å². The van der Waals surface area contributed by atoms with E-state index in [1.165, 1.54) is 12.1 Å². The lowest BCUT2D eigenvalue weighted by Crippen LogP contribution is -2.30. The third kappa shape index (κ3) is 3.09. The number of alkyl halides is 3. The van der Waals surface area contributed by atoms with Crippen LogP contribution in [0, 0.1) is 5.82 Å². The van der Waals surface area contributed by atoms with Crippen LogP contribution in [0.1, 0.15) is 29.9 Å². The Balaban J connectivity index is 2.43. The maximum Gasteiger partial charge on any atom is 0.419 e. The van der Waals surface area contributed by atoms with E-state index in [1.807, 2.05) is 16.3 Å². The van der Waals surface area contributed by atoms with Gasteiger partial charge in [-0.25, -0.2) is 4.39 Å². The highest BCUT2D eigenvalue weighted by molar-refractivity contribution is 7.27. The van der Waals surface area contributed by atoms with E-state index in [4.69, 9.17) is 0 Å². The minimum atomic E-state index is -4.64. The van der Waals surface area contributed by atoms with Gasteiger partial charge in [-0.1, -0.05) is 12.1 Å². The highest BCUT2D eigenvalue weighted by Gasteiger charge is 2.39. The molecule has 2 rings (SSSR count). The molecule has 0 aliphatic carbocycles. The molecule has 1 heterocycles. The minimum Gasteiger partial charge on any atom is -0.306 e. The molecule has 0 amide bonds. The molecule has 0 saturated carbocycles. The Morgan fingerprint density at radius 3 is 2.32 bits per heavy atom. The first-order chi connectivity index (χ1) is 8.80. The Morgan fingerprint density at radius 2 is 1.79 bits per heavy atom. The third-order valence-corrected chi connectivity index (χ3v) is 4.09. The van der Waals surface area contributed by atoms with Crippen LogP contribution in [0.25, 0.3) is 0 Å². The summed E-state index contributed by atoms with van der Waals surface area (Å²) in [5, 5.41) is -0.0380.